The molecule has 14 nitrogen and oxygen atoms in total. The highest BCUT2D eigenvalue weighted by Gasteiger charge is 2.44. The maximum Gasteiger partial charge on any atom is 0.254 e. The quantitative estimate of drug-likeness (QED) is 0.192. The van der Waals surface area contributed by atoms with E-state index in [9.17, 15) is 20.4 Å². The molecule has 5 N–H and O–H groups in total. The Hall–Kier alpha value is -4.24. The zero-order valence-corrected chi connectivity index (χ0v) is 22.0. The highest BCUT2D eigenvalue weighted by atomic mass is 16.3. The van der Waals surface area contributed by atoms with Crippen LogP contribution in [0.3, 0.4) is 0 Å². The summed E-state index contributed by atoms with van der Waals surface area (Å²) in [6.07, 6.45) is 10.0. The summed E-state index contributed by atoms with van der Waals surface area (Å²) in [6, 6.07) is 4.39. The van der Waals surface area contributed by atoms with E-state index >= 15 is 0 Å². The normalized spacial score (nSPS) is 26.2. The van der Waals surface area contributed by atoms with Gasteiger partial charge in [0.25, 0.3) is 5.95 Å². The van der Waals surface area contributed by atoms with Gasteiger partial charge < -0.3 is 30.3 Å². The number of rotatable bonds is 7. The Morgan fingerprint density at radius 2 is 1.83 bits per heavy atom. The second-order valence-corrected chi connectivity index (χ2v) is 10.7. The van der Waals surface area contributed by atoms with Crippen molar-refractivity contribution in [1.82, 2.24) is 44.1 Å². The summed E-state index contributed by atoms with van der Waals surface area (Å²) in [5.74, 6) is 0.731. The number of aliphatic hydroxyl groups is 4. The minimum absolute atomic E-state index is 0.165. The van der Waals surface area contributed by atoms with Crippen molar-refractivity contribution in [3.8, 4) is 17.2 Å². The summed E-state index contributed by atoms with van der Waals surface area (Å²) >= 11 is 0. The van der Waals surface area contributed by atoms with E-state index in [1.54, 1.807) is 45.0 Å². The summed E-state index contributed by atoms with van der Waals surface area (Å²) in [5, 5.41) is 54.1. The third-order valence-electron chi connectivity index (χ3n) is 8.12. The van der Waals surface area contributed by atoms with Crippen LogP contribution in [0.1, 0.15) is 43.3 Å². The van der Waals surface area contributed by atoms with Crippen molar-refractivity contribution >= 4 is 17.0 Å². The van der Waals surface area contributed by atoms with Gasteiger partial charge in [0.15, 0.2) is 17.0 Å². The summed E-state index contributed by atoms with van der Waals surface area (Å²) in [6.45, 7) is -0.165. The zero-order chi connectivity index (χ0) is 28.1. The van der Waals surface area contributed by atoms with E-state index in [1.165, 1.54) is 6.20 Å². The van der Waals surface area contributed by atoms with Crippen LogP contribution in [0, 0.1) is 0 Å². The van der Waals surface area contributed by atoms with Gasteiger partial charge >= 0.3 is 0 Å². The Balaban J connectivity index is 1.29. The molecular formula is C27H30N10O4. The molecule has 2 fully saturated rings. The molecule has 5 heterocycles. The van der Waals surface area contributed by atoms with Crippen LogP contribution >= 0.6 is 0 Å². The lowest BCUT2D eigenvalue weighted by molar-refractivity contribution is 0.00720. The van der Waals surface area contributed by atoms with E-state index in [4.69, 9.17) is 9.97 Å². The SMILES string of the molecule is OCc1cnn([C@H]2C[C@@H](n3cnc4c(N[C@H]5CCC[C@@H]5O)nc(-n5cc(-c6ccccn6)cn5)nc43)[C@H](O)[C@@H]2O)c1. The average Bonchev–Trinajstić information content (AvgIpc) is 3.82. The van der Waals surface area contributed by atoms with Crippen LogP contribution in [0.4, 0.5) is 5.82 Å². The number of imidazole rings is 1. The van der Waals surface area contributed by atoms with Crippen LogP contribution in [-0.4, -0.2) is 88.8 Å². The van der Waals surface area contributed by atoms with Crippen molar-refractivity contribution in [3.05, 3.63) is 61.1 Å². The molecule has 0 aliphatic heterocycles. The fourth-order valence-electron chi connectivity index (χ4n) is 5.90. The first-order valence-corrected chi connectivity index (χ1v) is 13.7. The van der Waals surface area contributed by atoms with Crippen molar-refractivity contribution in [1.29, 1.82) is 0 Å². The van der Waals surface area contributed by atoms with Crippen molar-refractivity contribution in [2.75, 3.05) is 5.32 Å². The standard InChI is InChI=1S/C27H30N10O4/c38-13-15-9-30-36(11-15)20-8-19(23(40)24(20)41)35-14-29-22-25(32-18-5-3-6-21(18)39)33-27(34-26(22)35)37-12-16(10-31-37)17-4-1-2-7-28-17/h1-2,4,7,9-12,14,18-21,23-24,38-41H,3,5-6,8,13H2,(H,32,33,34)/t18-,19+,20-,21-,23-,24+/m0/s1. The van der Waals surface area contributed by atoms with Gasteiger partial charge in [-0.2, -0.15) is 20.2 Å². The Kier molecular flexibility index (Phi) is 6.46. The number of hydrogen-bond acceptors (Lipinski definition) is 11. The molecule has 41 heavy (non-hydrogen) atoms. The number of anilines is 1. The lowest BCUT2D eigenvalue weighted by atomic mass is 10.2. The van der Waals surface area contributed by atoms with E-state index in [1.807, 2.05) is 18.2 Å². The summed E-state index contributed by atoms with van der Waals surface area (Å²) < 4.78 is 4.89. The van der Waals surface area contributed by atoms with Crippen LogP contribution in [0.5, 0.6) is 0 Å². The Morgan fingerprint density at radius 1 is 0.951 bits per heavy atom. The topological polar surface area (TPSA) is 185 Å². The Labute approximate surface area is 234 Å². The molecular weight excluding hydrogens is 528 g/mol. The van der Waals surface area contributed by atoms with Gasteiger partial charge in [0.1, 0.15) is 12.2 Å². The number of hydrogen-bond donors (Lipinski definition) is 5. The van der Waals surface area contributed by atoms with Crippen molar-refractivity contribution in [2.24, 2.45) is 0 Å². The number of aliphatic hydroxyl groups excluding tert-OH is 4. The maximum absolute atomic E-state index is 11.1. The zero-order valence-electron chi connectivity index (χ0n) is 22.0. The van der Waals surface area contributed by atoms with Crippen molar-refractivity contribution in [3.63, 3.8) is 0 Å². The highest BCUT2D eigenvalue weighted by molar-refractivity contribution is 5.84. The van der Waals surface area contributed by atoms with Crippen LogP contribution in [0.2, 0.25) is 0 Å². The average molecular weight is 559 g/mol. The summed E-state index contributed by atoms with van der Waals surface area (Å²) in [7, 11) is 0. The van der Waals surface area contributed by atoms with Gasteiger partial charge in [-0.05, 0) is 37.8 Å². The lowest BCUT2D eigenvalue weighted by Gasteiger charge is -2.19. The van der Waals surface area contributed by atoms with E-state index in [0.29, 0.717) is 35.4 Å². The molecule has 2 aliphatic carbocycles. The second kappa shape index (κ2) is 10.3. The molecule has 0 bridgehead atoms. The van der Waals surface area contributed by atoms with Crippen molar-refractivity contribution in [2.45, 2.75) is 68.7 Å². The van der Waals surface area contributed by atoms with Gasteiger partial charge in [-0.25, -0.2) is 9.67 Å². The monoisotopic (exact) mass is 558 g/mol. The molecule has 7 rings (SSSR count). The van der Waals surface area contributed by atoms with Gasteiger partial charge in [-0.3, -0.25) is 9.67 Å². The molecule has 2 saturated carbocycles. The molecule has 0 saturated heterocycles. The third kappa shape index (κ3) is 4.54. The van der Waals surface area contributed by atoms with E-state index in [2.05, 4.69) is 25.5 Å². The lowest BCUT2D eigenvalue weighted by Crippen LogP contribution is -2.30. The fraction of sp³-hybridized carbons (Fsp3) is 0.407. The van der Waals surface area contributed by atoms with E-state index in [0.717, 1.165) is 24.1 Å². The number of fused-ring (bicyclic) bond motifs is 1. The molecule has 5 aromatic rings. The molecule has 212 valence electrons. The van der Waals surface area contributed by atoms with Crippen LogP contribution in [-0.2, 0) is 6.61 Å². The molecule has 0 aromatic carbocycles. The first-order chi connectivity index (χ1) is 20.0. The predicted octanol–water partition coefficient (Wildman–Crippen LogP) is 0.996. The second-order valence-electron chi connectivity index (χ2n) is 10.7. The Morgan fingerprint density at radius 3 is 2.59 bits per heavy atom. The molecule has 0 amide bonds. The predicted molar refractivity (Wildman–Crippen MR) is 146 cm³/mol. The van der Waals surface area contributed by atoms with Crippen LogP contribution in [0.15, 0.2) is 55.5 Å². The van der Waals surface area contributed by atoms with Crippen molar-refractivity contribution < 1.29 is 20.4 Å². The fourth-order valence-corrected chi connectivity index (χ4v) is 5.90. The van der Waals surface area contributed by atoms with Gasteiger partial charge in [-0.15, -0.1) is 0 Å². The molecule has 5 aromatic heterocycles. The maximum atomic E-state index is 11.1. The number of aromatic nitrogens is 9. The minimum atomic E-state index is -1.12. The molecule has 2 aliphatic rings. The van der Waals surface area contributed by atoms with Gasteiger partial charge in [0.05, 0.1) is 55.3 Å². The molecule has 0 radical (unpaired) electrons. The molecule has 0 spiro atoms. The number of nitrogens with one attached hydrogen (secondary N) is 1. The first-order valence-electron chi connectivity index (χ1n) is 13.7. The smallest absolute Gasteiger partial charge is 0.254 e. The van der Waals surface area contributed by atoms with Gasteiger partial charge in [0, 0.05) is 29.7 Å². The first kappa shape index (κ1) is 25.7. The minimum Gasteiger partial charge on any atom is -0.392 e. The van der Waals surface area contributed by atoms with Crippen LogP contribution < -0.4 is 5.32 Å². The molecule has 14 heteroatoms. The number of pyridine rings is 1. The molecule has 0 unspecified atom stereocenters. The number of nitrogens with zero attached hydrogens (tertiary/aromatic N) is 9. The Bertz CT molecular complexity index is 1670. The van der Waals surface area contributed by atoms with Gasteiger partial charge in [-0.1, -0.05) is 6.07 Å². The van der Waals surface area contributed by atoms with Gasteiger partial charge in [0.2, 0.25) is 0 Å². The summed E-state index contributed by atoms with van der Waals surface area (Å²) in [4.78, 5) is 18.5. The van der Waals surface area contributed by atoms with Crippen LogP contribution in [0.25, 0.3) is 28.4 Å². The highest BCUT2D eigenvalue weighted by Crippen LogP contribution is 2.40. The van der Waals surface area contributed by atoms with E-state index < -0.39 is 30.4 Å². The largest absolute Gasteiger partial charge is 0.392 e. The summed E-state index contributed by atoms with van der Waals surface area (Å²) in [5.41, 5.74) is 3.11. The molecule has 6 atom stereocenters. The van der Waals surface area contributed by atoms with E-state index in [-0.39, 0.29) is 18.6 Å². The third-order valence-corrected chi connectivity index (χ3v) is 8.12.